The molecule has 0 saturated carbocycles. The Morgan fingerprint density at radius 1 is 1.21 bits per heavy atom. The lowest BCUT2D eigenvalue weighted by molar-refractivity contribution is 0.0996. The van der Waals surface area contributed by atoms with Crippen LogP contribution in [0, 0.1) is 24.4 Å². The molecule has 4 N–H and O–H groups in total. The first-order chi connectivity index (χ1) is 15.8. The third-order valence-corrected chi connectivity index (χ3v) is 6.09. The highest BCUT2D eigenvalue weighted by molar-refractivity contribution is 7.11. The van der Waals surface area contributed by atoms with Crippen LogP contribution in [0.4, 0.5) is 23.0 Å². The summed E-state index contributed by atoms with van der Waals surface area (Å²) in [5.41, 5.74) is 4.33. The fourth-order valence-corrected chi connectivity index (χ4v) is 4.21. The topological polar surface area (TPSA) is 110 Å². The van der Waals surface area contributed by atoms with Crippen LogP contribution >= 0.6 is 11.5 Å². The normalized spacial score (nSPS) is 13.8. The number of amides is 3. The highest BCUT2D eigenvalue weighted by Crippen LogP contribution is 2.31. The van der Waals surface area contributed by atoms with E-state index >= 15 is 0 Å². The number of ether oxygens (including phenoxy) is 1. The second-order valence-corrected chi connectivity index (χ2v) is 8.53. The molecule has 0 atom stereocenters. The Kier molecular flexibility index (Phi) is 8.50. The van der Waals surface area contributed by atoms with Gasteiger partial charge in [0.25, 0.3) is 5.91 Å². The van der Waals surface area contributed by atoms with Gasteiger partial charge in [0.2, 0.25) is 5.88 Å². The predicted octanol–water partition coefficient (Wildman–Crippen LogP) is 3.54. The SMILES string of the molecule is Cc1c(F)cc(COc2nsc(NC(=O)NCCCCN3CCCC3)c2C(N)=O)c(F)c1F. The lowest BCUT2D eigenvalue weighted by atomic mass is 10.1. The van der Waals surface area contributed by atoms with Gasteiger partial charge in [0.1, 0.15) is 23.0 Å². The number of hydrogen-bond donors (Lipinski definition) is 3. The average Bonchev–Trinajstić information content (AvgIpc) is 3.43. The van der Waals surface area contributed by atoms with E-state index in [-0.39, 0.29) is 22.0 Å². The van der Waals surface area contributed by atoms with Crippen molar-refractivity contribution in [3.8, 4) is 5.88 Å². The fraction of sp³-hybridized carbons (Fsp3) is 0.476. The molecule has 33 heavy (non-hydrogen) atoms. The summed E-state index contributed by atoms with van der Waals surface area (Å²) in [5, 5.41) is 5.25. The molecule has 2 aromatic rings. The number of nitrogens with two attached hydrogens (primary N) is 1. The number of benzene rings is 1. The molecule has 3 rings (SSSR count). The first-order valence-corrected chi connectivity index (χ1v) is 11.4. The standard InChI is InChI=1S/C21H26F3N5O3S/c1-12-14(22)10-13(17(24)16(12)23)11-32-19-15(18(25)30)20(33-28-19)27-21(31)26-6-2-3-7-29-8-4-5-9-29/h10H,2-9,11H2,1H3,(H2,25,30)(H2,26,27,31). The number of rotatable bonds is 10. The van der Waals surface area contributed by atoms with Crippen LogP contribution in [0.5, 0.6) is 5.88 Å². The number of anilines is 1. The second kappa shape index (κ2) is 11.3. The van der Waals surface area contributed by atoms with Crippen LogP contribution in [0.15, 0.2) is 6.07 Å². The molecule has 1 aromatic heterocycles. The molecule has 3 amide bonds. The second-order valence-electron chi connectivity index (χ2n) is 7.75. The largest absolute Gasteiger partial charge is 0.471 e. The van der Waals surface area contributed by atoms with Gasteiger partial charge in [-0.25, -0.2) is 18.0 Å². The molecule has 8 nitrogen and oxygen atoms in total. The molecule has 1 saturated heterocycles. The summed E-state index contributed by atoms with van der Waals surface area (Å²) in [5.74, 6) is -4.70. The van der Waals surface area contributed by atoms with Crippen molar-refractivity contribution in [3.05, 3.63) is 40.2 Å². The van der Waals surface area contributed by atoms with E-state index in [2.05, 4.69) is 19.9 Å². The van der Waals surface area contributed by atoms with Crippen molar-refractivity contribution in [2.24, 2.45) is 5.73 Å². The average molecular weight is 486 g/mol. The van der Waals surface area contributed by atoms with E-state index in [4.69, 9.17) is 10.5 Å². The summed E-state index contributed by atoms with van der Waals surface area (Å²) in [7, 11) is 0. The molecular formula is C21H26F3N5O3S. The first-order valence-electron chi connectivity index (χ1n) is 10.6. The van der Waals surface area contributed by atoms with E-state index in [0.717, 1.165) is 57.0 Å². The number of urea groups is 1. The Hall–Kier alpha value is -2.86. The minimum atomic E-state index is -1.32. The van der Waals surface area contributed by atoms with Gasteiger partial charge >= 0.3 is 6.03 Å². The van der Waals surface area contributed by atoms with Crippen molar-refractivity contribution in [2.45, 2.75) is 39.2 Å². The van der Waals surface area contributed by atoms with Crippen molar-refractivity contribution >= 4 is 28.5 Å². The monoisotopic (exact) mass is 485 g/mol. The number of carbonyl (C=O) groups is 2. The van der Waals surface area contributed by atoms with E-state index in [1.165, 1.54) is 12.8 Å². The Morgan fingerprint density at radius 2 is 1.94 bits per heavy atom. The molecule has 1 aliphatic rings. The van der Waals surface area contributed by atoms with Gasteiger partial charge in [-0.2, -0.15) is 4.37 Å². The molecule has 1 aromatic carbocycles. The Bertz CT molecular complexity index is 1010. The third kappa shape index (κ3) is 6.35. The van der Waals surface area contributed by atoms with Gasteiger partial charge in [0.05, 0.1) is 0 Å². The Morgan fingerprint density at radius 3 is 2.64 bits per heavy atom. The van der Waals surface area contributed by atoms with Gasteiger partial charge in [-0.15, -0.1) is 0 Å². The summed E-state index contributed by atoms with van der Waals surface area (Å²) >= 11 is 0.745. The highest BCUT2D eigenvalue weighted by atomic mass is 32.1. The van der Waals surface area contributed by atoms with E-state index in [0.29, 0.717) is 6.54 Å². The van der Waals surface area contributed by atoms with Gasteiger partial charge in [-0.05, 0) is 69.8 Å². The van der Waals surface area contributed by atoms with Gasteiger partial charge < -0.3 is 20.7 Å². The summed E-state index contributed by atoms with van der Waals surface area (Å²) in [6, 6.07) is 0.267. The highest BCUT2D eigenvalue weighted by Gasteiger charge is 2.23. The van der Waals surface area contributed by atoms with Gasteiger partial charge in [0.15, 0.2) is 11.6 Å². The number of halogens is 3. The maximum absolute atomic E-state index is 14.0. The van der Waals surface area contributed by atoms with Crippen LogP contribution in [0.3, 0.4) is 0 Å². The zero-order valence-corrected chi connectivity index (χ0v) is 19.0. The Labute approximate surface area is 193 Å². The van der Waals surface area contributed by atoms with Crippen molar-refractivity contribution < 1.29 is 27.5 Å². The van der Waals surface area contributed by atoms with Crippen LogP contribution in [0.1, 0.15) is 47.2 Å². The fourth-order valence-electron chi connectivity index (χ4n) is 3.48. The summed E-state index contributed by atoms with van der Waals surface area (Å²) in [4.78, 5) is 26.4. The molecule has 0 radical (unpaired) electrons. The number of aromatic nitrogens is 1. The zero-order valence-electron chi connectivity index (χ0n) is 18.2. The molecule has 1 fully saturated rings. The number of primary amides is 1. The van der Waals surface area contributed by atoms with Crippen LogP contribution in [-0.2, 0) is 6.61 Å². The maximum Gasteiger partial charge on any atom is 0.319 e. The molecule has 1 aliphatic heterocycles. The van der Waals surface area contributed by atoms with Crippen molar-refractivity contribution in [1.29, 1.82) is 0 Å². The molecular weight excluding hydrogens is 459 g/mol. The van der Waals surface area contributed by atoms with Crippen LogP contribution in [-0.4, -0.2) is 47.4 Å². The van der Waals surface area contributed by atoms with Gasteiger partial charge in [0, 0.05) is 17.7 Å². The molecule has 12 heteroatoms. The van der Waals surface area contributed by atoms with Crippen molar-refractivity contribution in [3.63, 3.8) is 0 Å². The van der Waals surface area contributed by atoms with Crippen molar-refractivity contribution in [1.82, 2.24) is 14.6 Å². The van der Waals surface area contributed by atoms with Crippen LogP contribution in [0.2, 0.25) is 0 Å². The smallest absolute Gasteiger partial charge is 0.319 e. The number of nitrogens with one attached hydrogen (secondary N) is 2. The molecule has 0 unspecified atom stereocenters. The van der Waals surface area contributed by atoms with E-state index < -0.39 is 41.6 Å². The molecule has 0 aliphatic carbocycles. The number of carbonyl (C=O) groups excluding carboxylic acids is 2. The molecule has 0 spiro atoms. The lowest BCUT2D eigenvalue weighted by Gasteiger charge is -2.14. The van der Waals surface area contributed by atoms with Crippen LogP contribution in [0.25, 0.3) is 0 Å². The molecule has 180 valence electrons. The first kappa shape index (κ1) is 24.8. The van der Waals surface area contributed by atoms with Crippen LogP contribution < -0.4 is 21.1 Å². The number of hydrogen-bond acceptors (Lipinski definition) is 6. The van der Waals surface area contributed by atoms with E-state index in [1.807, 2.05) is 0 Å². The van der Waals surface area contributed by atoms with Gasteiger partial charge in [-0.1, -0.05) is 0 Å². The van der Waals surface area contributed by atoms with E-state index in [9.17, 15) is 22.8 Å². The van der Waals surface area contributed by atoms with Crippen molar-refractivity contribution in [2.75, 3.05) is 31.5 Å². The minimum absolute atomic E-state index is 0.0498. The zero-order chi connectivity index (χ0) is 24.0. The molecule has 2 heterocycles. The number of likely N-dealkylation sites (tertiary alicyclic amines) is 1. The maximum atomic E-state index is 14.0. The summed E-state index contributed by atoms with van der Waals surface area (Å²) in [6.45, 7) is 4.23. The Balaban J connectivity index is 1.54. The number of nitrogens with zero attached hydrogens (tertiary/aromatic N) is 2. The summed E-state index contributed by atoms with van der Waals surface area (Å²) < 4.78 is 50.7. The number of unbranched alkanes of at least 4 members (excludes halogenated alkanes) is 1. The van der Waals surface area contributed by atoms with Gasteiger partial charge in [-0.3, -0.25) is 10.1 Å². The minimum Gasteiger partial charge on any atom is -0.471 e. The summed E-state index contributed by atoms with van der Waals surface area (Å²) in [6.07, 6.45) is 4.23. The quantitative estimate of drug-likeness (QED) is 0.352. The third-order valence-electron chi connectivity index (χ3n) is 5.35. The molecule has 0 bridgehead atoms. The van der Waals surface area contributed by atoms with E-state index in [1.54, 1.807) is 0 Å². The lowest BCUT2D eigenvalue weighted by Crippen LogP contribution is -2.30. The predicted molar refractivity (Wildman–Crippen MR) is 118 cm³/mol.